The van der Waals surface area contributed by atoms with E-state index in [1.54, 1.807) is 0 Å². The highest BCUT2D eigenvalue weighted by Crippen LogP contribution is 2.36. The van der Waals surface area contributed by atoms with E-state index in [-0.39, 0.29) is 15.1 Å². The molecule has 0 bridgehead atoms. The summed E-state index contributed by atoms with van der Waals surface area (Å²) in [6.45, 7) is 4.31. The molecule has 0 unspecified atom stereocenters. The van der Waals surface area contributed by atoms with Crippen LogP contribution in [-0.2, 0) is 10.0 Å². The molecule has 0 atom stereocenters. The lowest BCUT2D eigenvalue weighted by molar-refractivity contribution is 0.291. The second-order valence-corrected chi connectivity index (χ2v) is 7.56. The molecule has 0 aromatic carbocycles. The Balaban J connectivity index is 2.52. The van der Waals surface area contributed by atoms with Crippen molar-refractivity contribution in [3.63, 3.8) is 0 Å². The second kappa shape index (κ2) is 4.63. The van der Waals surface area contributed by atoms with Crippen molar-refractivity contribution in [3.05, 3.63) is 22.4 Å². The van der Waals surface area contributed by atoms with E-state index >= 15 is 0 Å². The summed E-state index contributed by atoms with van der Waals surface area (Å²) in [7, 11) is -3.65. The van der Waals surface area contributed by atoms with Crippen LogP contribution in [0.1, 0.15) is 26.7 Å². The lowest BCUT2D eigenvalue weighted by Gasteiger charge is -2.30. The van der Waals surface area contributed by atoms with Crippen molar-refractivity contribution in [2.75, 3.05) is 6.54 Å². The third-order valence-corrected chi connectivity index (χ3v) is 5.91. The summed E-state index contributed by atoms with van der Waals surface area (Å²) in [6, 6.07) is 1.35. The molecule has 0 aliphatic carbocycles. The maximum absolute atomic E-state index is 12.6. The van der Waals surface area contributed by atoms with Gasteiger partial charge in [-0.2, -0.15) is 4.31 Å². The zero-order valence-electron chi connectivity index (χ0n) is 10.2. The van der Waals surface area contributed by atoms with Crippen LogP contribution in [0.4, 0.5) is 0 Å². The second-order valence-electron chi connectivity index (χ2n) is 4.94. The monoisotopic (exact) mass is 308 g/mol. The van der Waals surface area contributed by atoms with Crippen molar-refractivity contribution in [3.8, 4) is 0 Å². The molecule has 0 radical (unpaired) electrons. The Morgan fingerprint density at radius 2 is 2.06 bits per heavy atom. The van der Waals surface area contributed by atoms with Crippen molar-refractivity contribution >= 4 is 33.2 Å². The van der Waals surface area contributed by atoms with Gasteiger partial charge in [0.2, 0.25) is 10.0 Å². The highest BCUT2D eigenvalue weighted by atomic mass is 35.5. The molecule has 0 N–H and O–H groups in total. The molecule has 7 heteroatoms. The Labute approximate surface area is 117 Å². The average Bonchev–Trinajstić information content (AvgIpc) is 2.62. The number of hydrogen-bond donors (Lipinski definition) is 0. The minimum Gasteiger partial charge on any atom is -0.242 e. The Hall–Kier alpha value is -0.360. The van der Waals surface area contributed by atoms with Gasteiger partial charge in [-0.25, -0.2) is 13.4 Å². The smallest absolute Gasteiger partial charge is 0.242 e. The van der Waals surface area contributed by atoms with Gasteiger partial charge in [0.25, 0.3) is 0 Å². The third-order valence-electron chi connectivity index (χ3n) is 3.17. The first-order chi connectivity index (χ1) is 8.25. The number of aromatic nitrogens is 1. The van der Waals surface area contributed by atoms with Crippen LogP contribution in [0.3, 0.4) is 0 Å². The molecule has 0 amide bonds. The Bertz CT molecular complexity index is 572. The van der Waals surface area contributed by atoms with E-state index in [0.717, 1.165) is 12.8 Å². The summed E-state index contributed by atoms with van der Waals surface area (Å²) in [5, 5.41) is 0.220. The standard InChI is InChI=1S/C11H14Cl2N2O2S/c1-11(2)4-3-5-15(11)18(16,17)9-6-8(12)7-14-10(9)13/h6-7H,3-5H2,1-2H3. The lowest BCUT2D eigenvalue weighted by atomic mass is 10.0. The van der Waals surface area contributed by atoms with E-state index in [4.69, 9.17) is 23.2 Å². The molecule has 1 aliphatic heterocycles. The fourth-order valence-corrected chi connectivity index (χ4v) is 4.74. The van der Waals surface area contributed by atoms with Crippen molar-refractivity contribution in [1.82, 2.24) is 9.29 Å². The number of sulfonamides is 1. The van der Waals surface area contributed by atoms with E-state index in [2.05, 4.69) is 4.98 Å². The molecule has 2 rings (SSSR count). The maximum atomic E-state index is 12.6. The van der Waals surface area contributed by atoms with Crippen LogP contribution in [0.25, 0.3) is 0 Å². The third kappa shape index (κ3) is 2.37. The molecule has 100 valence electrons. The molecule has 18 heavy (non-hydrogen) atoms. The molecular weight excluding hydrogens is 295 g/mol. The number of halogens is 2. The first-order valence-corrected chi connectivity index (χ1v) is 7.79. The fraction of sp³-hybridized carbons (Fsp3) is 0.545. The zero-order chi connectivity index (χ0) is 13.6. The highest BCUT2D eigenvalue weighted by Gasteiger charge is 2.41. The molecule has 4 nitrogen and oxygen atoms in total. The summed E-state index contributed by atoms with van der Waals surface area (Å²) in [5.74, 6) is 0. The Morgan fingerprint density at radius 3 is 2.61 bits per heavy atom. The van der Waals surface area contributed by atoms with E-state index < -0.39 is 15.6 Å². The van der Waals surface area contributed by atoms with Crippen molar-refractivity contribution in [2.45, 2.75) is 37.1 Å². The molecule has 2 heterocycles. The van der Waals surface area contributed by atoms with Gasteiger partial charge in [0, 0.05) is 18.3 Å². The minimum atomic E-state index is -3.65. The van der Waals surface area contributed by atoms with Crippen molar-refractivity contribution in [2.24, 2.45) is 0 Å². The van der Waals surface area contributed by atoms with Gasteiger partial charge in [-0.1, -0.05) is 23.2 Å². The van der Waals surface area contributed by atoms with Gasteiger partial charge in [0.15, 0.2) is 0 Å². The number of rotatable bonds is 2. The number of nitrogens with zero attached hydrogens (tertiary/aromatic N) is 2. The number of hydrogen-bond acceptors (Lipinski definition) is 3. The van der Waals surface area contributed by atoms with Crippen LogP contribution in [0, 0.1) is 0 Å². The number of pyridine rings is 1. The molecule has 1 aromatic rings. The largest absolute Gasteiger partial charge is 0.246 e. The van der Waals surface area contributed by atoms with Crippen LogP contribution in [0.5, 0.6) is 0 Å². The van der Waals surface area contributed by atoms with Crippen LogP contribution in [0.2, 0.25) is 10.2 Å². The quantitative estimate of drug-likeness (QED) is 0.789. The van der Waals surface area contributed by atoms with Crippen molar-refractivity contribution in [1.29, 1.82) is 0 Å². The highest BCUT2D eigenvalue weighted by molar-refractivity contribution is 7.89. The van der Waals surface area contributed by atoms with Gasteiger partial charge in [0.05, 0.1) is 5.02 Å². The van der Waals surface area contributed by atoms with E-state index in [9.17, 15) is 8.42 Å². The van der Waals surface area contributed by atoms with Crippen LogP contribution in [-0.4, -0.2) is 29.8 Å². The summed E-state index contributed by atoms with van der Waals surface area (Å²) in [4.78, 5) is 3.77. The molecular formula is C11H14Cl2N2O2S. The minimum absolute atomic E-state index is 0.0216. The normalized spacial score (nSPS) is 20.2. The average molecular weight is 309 g/mol. The summed E-state index contributed by atoms with van der Waals surface area (Å²) in [5.41, 5.74) is -0.398. The Kier molecular flexibility index (Phi) is 3.62. The molecule has 1 aliphatic rings. The molecule has 0 saturated carbocycles. The van der Waals surface area contributed by atoms with Crippen LogP contribution >= 0.6 is 23.2 Å². The fourth-order valence-electron chi connectivity index (χ4n) is 2.23. The molecule has 1 fully saturated rings. The predicted molar refractivity (Wildman–Crippen MR) is 71.5 cm³/mol. The van der Waals surface area contributed by atoms with E-state index in [1.165, 1.54) is 16.6 Å². The van der Waals surface area contributed by atoms with Gasteiger partial charge < -0.3 is 0 Å². The first-order valence-electron chi connectivity index (χ1n) is 5.59. The van der Waals surface area contributed by atoms with Gasteiger partial charge >= 0.3 is 0 Å². The van der Waals surface area contributed by atoms with Crippen LogP contribution in [0.15, 0.2) is 17.2 Å². The summed E-state index contributed by atoms with van der Waals surface area (Å²) in [6.07, 6.45) is 3.01. The van der Waals surface area contributed by atoms with Gasteiger partial charge in [-0.15, -0.1) is 0 Å². The van der Waals surface area contributed by atoms with Gasteiger partial charge in [-0.05, 0) is 32.8 Å². The summed E-state index contributed by atoms with van der Waals surface area (Å²) < 4.78 is 26.6. The van der Waals surface area contributed by atoms with Gasteiger partial charge in [-0.3, -0.25) is 0 Å². The predicted octanol–water partition coefficient (Wildman–Crippen LogP) is 2.95. The summed E-state index contributed by atoms with van der Waals surface area (Å²) >= 11 is 11.7. The maximum Gasteiger partial charge on any atom is 0.246 e. The molecule has 1 aromatic heterocycles. The van der Waals surface area contributed by atoms with Gasteiger partial charge in [0.1, 0.15) is 10.0 Å². The topological polar surface area (TPSA) is 50.3 Å². The molecule has 1 saturated heterocycles. The molecule has 0 spiro atoms. The zero-order valence-corrected chi connectivity index (χ0v) is 12.5. The Morgan fingerprint density at radius 1 is 1.39 bits per heavy atom. The lowest BCUT2D eigenvalue weighted by Crippen LogP contribution is -2.42. The van der Waals surface area contributed by atoms with Crippen LogP contribution < -0.4 is 0 Å². The van der Waals surface area contributed by atoms with E-state index in [1.807, 2.05) is 13.8 Å². The SMILES string of the molecule is CC1(C)CCCN1S(=O)(=O)c1cc(Cl)cnc1Cl. The van der Waals surface area contributed by atoms with Crippen molar-refractivity contribution < 1.29 is 8.42 Å². The van der Waals surface area contributed by atoms with E-state index in [0.29, 0.717) is 6.54 Å². The first kappa shape index (κ1) is 14.1.